The highest BCUT2D eigenvalue weighted by Gasteiger charge is 2.24. The maximum atomic E-state index is 12.8. The number of carboxylic acids is 1. The molecule has 0 aliphatic rings. The van der Waals surface area contributed by atoms with Gasteiger partial charge in [0.05, 0.1) is 40.7 Å². The van der Waals surface area contributed by atoms with Crippen LogP contribution in [-0.2, 0) is 14.4 Å². The van der Waals surface area contributed by atoms with E-state index >= 15 is 0 Å². The molecule has 0 bridgehead atoms. The molecule has 0 spiro atoms. The first kappa shape index (κ1) is 25.3. The molecule has 4 N–H and O–H groups in total. The minimum atomic E-state index is -0.917. The van der Waals surface area contributed by atoms with Gasteiger partial charge in [-0.25, -0.2) is 0 Å². The Morgan fingerprint density at radius 2 is 1.32 bits per heavy atom. The number of amides is 1. The van der Waals surface area contributed by atoms with Gasteiger partial charge >= 0.3 is 5.97 Å². The minimum Gasteiger partial charge on any atom is -0.481 e. The lowest BCUT2D eigenvalue weighted by Crippen LogP contribution is -2.28. The Morgan fingerprint density at radius 3 is 1.71 bits per heavy atom. The van der Waals surface area contributed by atoms with Crippen molar-refractivity contribution in [1.29, 1.82) is 0 Å². The number of hydrogen-bond donors (Lipinski definition) is 4. The van der Waals surface area contributed by atoms with Crippen LogP contribution >= 0.6 is 67.8 Å². The monoisotopic (exact) mass is 727 g/mol. The molecule has 1 aromatic rings. The van der Waals surface area contributed by atoms with E-state index in [2.05, 4.69) is 83.7 Å². The van der Waals surface area contributed by atoms with E-state index in [0.29, 0.717) is 30.5 Å². The van der Waals surface area contributed by atoms with Crippen LogP contribution in [0.4, 0.5) is 11.4 Å². The van der Waals surface area contributed by atoms with Gasteiger partial charge in [-0.2, -0.15) is 0 Å². The summed E-state index contributed by atoms with van der Waals surface area (Å²) in [5, 5.41) is 17.6. The normalized spacial score (nSPS) is 10.3. The molecule has 0 fully saturated rings. The summed E-state index contributed by atoms with van der Waals surface area (Å²) in [7, 11) is 0. The summed E-state index contributed by atoms with van der Waals surface area (Å²) in [6, 6.07) is 0. The highest BCUT2D eigenvalue weighted by molar-refractivity contribution is 14.1. The van der Waals surface area contributed by atoms with Crippen molar-refractivity contribution in [3.05, 3.63) is 16.3 Å². The van der Waals surface area contributed by atoms with Crippen molar-refractivity contribution in [2.75, 3.05) is 30.3 Å². The van der Waals surface area contributed by atoms with Crippen LogP contribution in [0.2, 0.25) is 0 Å². The molecule has 1 rings (SSSR count). The summed E-state index contributed by atoms with van der Waals surface area (Å²) in [5.41, 5.74) is 1.69. The van der Waals surface area contributed by atoms with Crippen LogP contribution in [0, 0.1) is 10.7 Å². The Bertz CT molecular complexity index is 754. The lowest BCUT2D eigenvalue weighted by atomic mass is 10.1. The number of nitrogens with one attached hydrogen (secondary N) is 3. The molecule has 0 aromatic heterocycles. The summed E-state index contributed by atoms with van der Waals surface area (Å²) in [4.78, 5) is 46.2. The van der Waals surface area contributed by atoms with Gasteiger partial charge in [0.1, 0.15) is 11.6 Å². The Kier molecular flexibility index (Phi) is 10.9. The van der Waals surface area contributed by atoms with Gasteiger partial charge in [0.25, 0.3) is 5.91 Å². The van der Waals surface area contributed by atoms with Crippen molar-refractivity contribution in [1.82, 2.24) is 5.32 Å². The molecule has 0 saturated heterocycles. The molecule has 0 heterocycles. The van der Waals surface area contributed by atoms with Gasteiger partial charge in [-0.3, -0.25) is 19.2 Å². The molecule has 0 saturated carbocycles. The summed E-state index contributed by atoms with van der Waals surface area (Å²) in [6.45, 7) is 3.38. The highest BCUT2D eigenvalue weighted by atomic mass is 127. The van der Waals surface area contributed by atoms with E-state index in [9.17, 15) is 19.2 Å². The maximum Gasteiger partial charge on any atom is 0.303 e. The SMILES string of the molecule is CC(=O)CNc1c(I)c(NCC(C)=O)c(I)c(C(=O)NCCCC(=O)O)c1I. The number of anilines is 2. The van der Waals surface area contributed by atoms with Gasteiger partial charge < -0.3 is 21.1 Å². The molecule has 0 radical (unpaired) electrons. The number of carbonyl (C=O) groups is 4. The zero-order chi connectivity index (χ0) is 21.4. The van der Waals surface area contributed by atoms with E-state index < -0.39 is 5.97 Å². The Balaban J connectivity index is 3.27. The quantitative estimate of drug-likeness (QED) is 0.204. The van der Waals surface area contributed by atoms with E-state index in [4.69, 9.17) is 5.11 Å². The van der Waals surface area contributed by atoms with Gasteiger partial charge in [-0.15, -0.1) is 0 Å². The minimum absolute atomic E-state index is 0.0298. The third-order valence-corrected chi connectivity index (χ3v) is 6.66. The first-order valence-electron chi connectivity index (χ1n) is 8.23. The van der Waals surface area contributed by atoms with Crippen LogP contribution in [0.25, 0.3) is 0 Å². The molecule has 1 amide bonds. The molecule has 8 nitrogen and oxygen atoms in total. The van der Waals surface area contributed by atoms with Gasteiger partial charge in [-0.05, 0) is 88.0 Å². The molecular weight excluding hydrogens is 707 g/mol. The number of halogens is 3. The number of aliphatic carboxylic acids is 1. The topological polar surface area (TPSA) is 125 Å². The number of ketones is 2. The largest absolute Gasteiger partial charge is 0.481 e. The van der Waals surface area contributed by atoms with Gasteiger partial charge in [0.15, 0.2) is 0 Å². The van der Waals surface area contributed by atoms with Gasteiger partial charge in [-0.1, -0.05) is 0 Å². The zero-order valence-electron chi connectivity index (χ0n) is 15.2. The highest BCUT2D eigenvalue weighted by Crippen LogP contribution is 2.38. The van der Waals surface area contributed by atoms with Crippen molar-refractivity contribution in [3.8, 4) is 0 Å². The van der Waals surface area contributed by atoms with E-state index in [-0.39, 0.29) is 43.5 Å². The van der Waals surface area contributed by atoms with Crippen molar-refractivity contribution in [2.45, 2.75) is 26.7 Å². The van der Waals surface area contributed by atoms with E-state index in [1.165, 1.54) is 13.8 Å². The van der Waals surface area contributed by atoms with Gasteiger partial charge in [0, 0.05) is 13.0 Å². The van der Waals surface area contributed by atoms with Crippen molar-refractivity contribution in [3.63, 3.8) is 0 Å². The third kappa shape index (κ3) is 7.61. The molecule has 0 aliphatic carbocycles. The van der Waals surface area contributed by atoms with Crippen molar-refractivity contribution < 1.29 is 24.3 Å². The molecule has 1 aromatic carbocycles. The number of rotatable bonds is 11. The van der Waals surface area contributed by atoms with E-state index in [0.717, 1.165) is 3.57 Å². The van der Waals surface area contributed by atoms with E-state index in [1.807, 2.05) is 0 Å². The molecule has 0 unspecified atom stereocenters. The predicted molar refractivity (Wildman–Crippen MR) is 132 cm³/mol. The van der Waals surface area contributed by atoms with Crippen LogP contribution < -0.4 is 16.0 Å². The van der Waals surface area contributed by atoms with Crippen LogP contribution in [-0.4, -0.2) is 48.2 Å². The van der Waals surface area contributed by atoms with E-state index in [1.54, 1.807) is 0 Å². The molecule has 28 heavy (non-hydrogen) atoms. The predicted octanol–water partition coefficient (Wildman–Crippen LogP) is 3.10. The summed E-state index contributed by atoms with van der Waals surface area (Å²) in [5.74, 6) is -1.36. The van der Waals surface area contributed by atoms with Crippen molar-refractivity contribution in [2.24, 2.45) is 0 Å². The number of carbonyl (C=O) groups excluding carboxylic acids is 3. The fraction of sp³-hybridized carbons (Fsp3) is 0.412. The Labute approximate surface area is 203 Å². The number of Topliss-reactive ketones (excluding diaryl/α,β-unsaturated/α-hetero) is 2. The second-order valence-corrected chi connectivity index (χ2v) is 9.17. The van der Waals surface area contributed by atoms with Crippen molar-refractivity contribution >= 4 is 103 Å². The standard InChI is InChI=1S/C17H20I3N3O5/c1-8(24)6-22-15-12(18)11(17(28)21-5-3-4-10(26)27)13(19)16(14(15)20)23-7-9(2)25/h22-23H,3-7H2,1-2H3,(H,21,28)(H,26,27). The fourth-order valence-electron chi connectivity index (χ4n) is 2.13. The summed E-state index contributed by atoms with van der Waals surface area (Å²) in [6.07, 6.45) is 0.293. The van der Waals surface area contributed by atoms with Crippen LogP contribution in [0.5, 0.6) is 0 Å². The van der Waals surface area contributed by atoms with Crippen LogP contribution in [0.15, 0.2) is 0 Å². The molecule has 11 heteroatoms. The second-order valence-electron chi connectivity index (χ2n) is 5.93. The number of carboxylic acid groups (broad SMARTS) is 1. The molecule has 154 valence electrons. The lowest BCUT2D eigenvalue weighted by Gasteiger charge is -2.20. The van der Waals surface area contributed by atoms with Crippen LogP contribution in [0.3, 0.4) is 0 Å². The average molecular weight is 727 g/mol. The van der Waals surface area contributed by atoms with Gasteiger partial charge in [0.2, 0.25) is 0 Å². The zero-order valence-corrected chi connectivity index (χ0v) is 21.7. The first-order chi connectivity index (χ1) is 13.1. The summed E-state index contributed by atoms with van der Waals surface area (Å²) >= 11 is 6.22. The average Bonchev–Trinajstić information content (AvgIpc) is 2.57. The smallest absolute Gasteiger partial charge is 0.303 e. The molecule has 0 atom stereocenters. The number of hydrogen-bond acceptors (Lipinski definition) is 6. The third-order valence-electron chi connectivity index (χ3n) is 3.43. The number of benzene rings is 1. The molecular formula is C17H20I3N3O5. The maximum absolute atomic E-state index is 12.8. The summed E-state index contributed by atoms with van der Waals surface area (Å²) < 4.78 is 2.07. The lowest BCUT2D eigenvalue weighted by molar-refractivity contribution is -0.137. The first-order valence-corrected chi connectivity index (χ1v) is 11.5. The fourth-order valence-corrected chi connectivity index (χ4v) is 6.55. The molecule has 0 aliphatic heterocycles. The second kappa shape index (κ2) is 12.1. The Morgan fingerprint density at radius 1 is 0.857 bits per heavy atom. The Hall–Kier alpha value is -0.710. The van der Waals surface area contributed by atoms with Crippen LogP contribution in [0.1, 0.15) is 37.0 Å².